The number of rotatable bonds is 46. The van der Waals surface area contributed by atoms with Gasteiger partial charge in [0.2, 0.25) is 0 Å². The first-order chi connectivity index (χ1) is 29.7. The first-order valence-corrected chi connectivity index (χ1v) is 26.1. The normalized spacial score (nSPS) is 14.1. The zero-order chi connectivity index (χ0) is 44.8. The fraction of sp³-hybridized carbons (Fsp3) is 0.800. The molecule has 0 radical (unpaired) electrons. The van der Waals surface area contributed by atoms with E-state index in [4.69, 9.17) is 23.6 Å². The zero-order valence-electron chi connectivity index (χ0n) is 38.9. The van der Waals surface area contributed by atoms with Gasteiger partial charge in [-0.2, -0.15) is 0 Å². The van der Waals surface area contributed by atoms with E-state index in [1.807, 2.05) is 6.08 Å². The van der Waals surface area contributed by atoms with Gasteiger partial charge in [-0.25, -0.2) is 4.57 Å². The first-order valence-electron chi connectivity index (χ1n) is 24.6. The van der Waals surface area contributed by atoms with Crippen LogP contribution in [0.15, 0.2) is 48.6 Å². The number of hydrogen-bond donors (Lipinski definition) is 3. The second kappa shape index (κ2) is 45.9. The van der Waals surface area contributed by atoms with Crippen LogP contribution in [0, 0.1) is 0 Å². The summed E-state index contributed by atoms with van der Waals surface area (Å²) in [5.41, 5.74) is 0. The minimum absolute atomic E-state index is 0.167. The number of carbonyl (C=O) groups excluding carboxylic acids is 2. The second-order valence-corrected chi connectivity index (χ2v) is 17.9. The van der Waals surface area contributed by atoms with Crippen molar-refractivity contribution in [3.05, 3.63) is 48.6 Å². The fourth-order valence-corrected chi connectivity index (χ4v) is 7.48. The highest BCUT2D eigenvalue weighted by molar-refractivity contribution is 7.47. The van der Waals surface area contributed by atoms with Crippen LogP contribution in [0.3, 0.4) is 0 Å². The van der Waals surface area contributed by atoms with Crippen LogP contribution in [0.1, 0.15) is 219 Å². The maximum absolute atomic E-state index is 12.7. The molecule has 0 heterocycles. The van der Waals surface area contributed by atoms with Gasteiger partial charge in [0, 0.05) is 12.8 Å². The number of hydrogen-bond acceptors (Lipinski definition) is 9. The van der Waals surface area contributed by atoms with Crippen molar-refractivity contribution < 1.29 is 47.8 Å². The molecule has 61 heavy (non-hydrogen) atoms. The lowest BCUT2D eigenvalue weighted by molar-refractivity contribution is -0.161. The molecule has 10 nitrogen and oxygen atoms in total. The fourth-order valence-electron chi connectivity index (χ4n) is 6.69. The highest BCUT2D eigenvalue weighted by atomic mass is 31.2. The predicted octanol–water partition coefficient (Wildman–Crippen LogP) is 13.7. The van der Waals surface area contributed by atoms with Crippen molar-refractivity contribution in [1.82, 2.24) is 0 Å². The highest BCUT2D eigenvalue weighted by Gasteiger charge is 2.27. The number of unbranched alkanes of at least 4 members (excludes halogenated alkanes) is 24. The van der Waals surface area contributed by atoms with E-state index in [0.29, 0.717) is 19.3 Å². The van der Waals surface area contributed by atoms with Gasteiger partial charge in [-0.3, -0.25) is 18.6 Å². The van der Waals surface area contributed by atoms with E-state index in [2.05, 4.69) is 56.4 Å². The number of phosphoric ester groups is 1. The molecule has 0 spiro atoms. The van der Waals surface area contributed by atoms with Crippen molar-refractivity contribution in [1.29, 1.82) is 0 Å². The number of allylic oxidation sites excluding steroid dienone is 8. The molecule has 0 aliphatic heterocycles. The molecule has 0 fully saturated rings. The Morgan fingerprint density at radius 1 is 0.492 bits per heavy atom. The Balaban J connectivity index is 4.30. The molecule has 0 aromatic carbocycles. The van der Waals surface area contributed by atoms with E-state index >= 15 is 0 Å². The molecule has 0 amide bonds. The minimum Gasteiger partial charge on any atom is -0.462 e. The molecule has 0 saturated heterocycles. The van der Waals surface area contributed by atoms with Crippen LogP contribution in [0.2, 0.25) is 0 Å². The second-order valence-electron chi connectivity index (χ2n) is 16.5. The maximum Gasteiger partial charge on any atom is 0.472 e. The molecule has 0 aliphatic carbocycles. The van der Waals surface area contributed by atoms with Crippen molar-refractivity contribution >= 4 is 19.8 Å². The lowest BCUT2D eigenvalue weighted by atomic mass is 10.0. The summed E-state index contributed by atoms with van der Waals surface area (Å²) in [5.74, 6) is -0.983. The van der Waals surface area contributed by atoms with Gasteiger partial charge < -0.3 is 24.6 Å². The summed E-state index contributed by atoms with van der Waals surface area (Å²) in [4.78, 5) is 35.1. The van der Waals surface area contributed by atoms with Gasteiger partial charge in [0.05, 0.1) is 19.8 Å². The number of esters is 2. The monoisotopic (exact) mass is 883 g/mol. The van der Waals surface area contributed by atoms with Crippen LogP contribution >= 0.6 is 7.82 Å². The van der Waals surface area contributed by atoms with Crippen molar-refractivity contribution in [2.75, 3.05) is 26.4 Å². The molecule has 0 bridgehead atoms. The molecule has 1 unspecified atom stereocenters. The van der Waals surface area contributed by atoms with E-state index in [1.54, 1.807) is 0 Å². The molecular weight excluding hydrogens is 792 g/mol. The van der Waals surface area contributed by atoms with Crippen LogP contribution in [0.25, 0.3) is 0 Å². The topological polar surface area (TPSA) is 149 Å². The molecule has 0 aromatic rings. The Bertz CT molecular complexity index is 1150. The Kier molecular flexibility index (Phi) is 44.4. The summed E-state index contributed by atoms with van der Waals surface area (Å²) in [6, 6.07) is 0. The van der Waals surface area contributed by atoms with Gasteiger partial charge in [-0.1, -0.05) is 204 Å². The van der Waals surface area contributed by atoms with Crippen LogP contribution in [0.4, 0.5) is 0 Å². The molecule has 0 aliphatic rings. The standard InChI is InChI=1S/C50H91O10P/c1-3-5-7-9-11-13-15-17-19-21-22-23-24-26-27-29-31-33-35-37-39-41-49(53)57-45-48(46-59-61(55,56)58-44-47(52)43-51)60-50(54)42-40-38-36-34-32-30-28-25-20-18-16-14-12-10-8-6-4-2/h19,21,23-24,27,29,33,35,47-48,51-52H,3-18,20,22,25-26,28,30-32,34,36-46H2,1-2H3,(H,55,56)/b21-19+,24-23+,29-27+,35-33+/t47-,48+/m0/s1. The molecule has 356 valence electrons. The molecule has 0 saturated carbocycles. The summed E-state index contributed by atoms with van der Waals surface area (Å²) >= 11 is 0. The Labute approximate surface area is 373 Å². The lowest BCUT2D eigenvalue weighted by Gasteiger charge is -2.20. The van der Waals surface area contributed by atoms with E-state index in [0.717, 1.165) is 38.5 Å². The van der Waals surface area contributed by atoms with Gasteiger partial charge in [0.1, 0.15) is 12.7 Å². The van der Waals surface area contributed by atoms with Gasteiger partial charge in [-0.05, 0) is 51.4 Å². The van der Waals surface area contributed by atoms with Gasteiger partial charge in [-0.15, -0.1) is 0 Å². The third-order valence-electron chi connectivity index (χ3n) is 10.5. The van der Waals surface area contributed by atoms with Crippen molar-refractivity contribution in [3.63, 3.8) is 0 Å². The van der Waals surface area contributed by atoms with E-state index in [9.17, 15) is 24.2 Å². The van der Waals surface area contributed by atoms with Crippen molar-refractivity contribution in [2.45, 2.75) is 232 Å². The summed E-state index contributed by atoms with van der Waals surface area (Å²) in [5, 5.41) is 18.4. The van der Waals surface area contributed by atoms with Gasteiger partial charge >= 0.3 is 19.8 Å². The maximum atomic E-state index is 12.7. The first kappa shape index (κ1) is 58.9. The highest BCUT2D eigenvalue weighted by Crippen LogP contribution is 2.43. The predicted molar refractivity (Wildman–Crippen MR) is 251 cm³/mol. The average molecular weight is 883 g/mol. The number of carbonyl (C=O) groups is 2. The Morgan fingerprint density at radius 2 is 0.869 bits per heavy atom. The van der Waals surface area contributed by atoms with E-state index < -0.39 is 51.8 Å². The largest absolute Gasteiger partial charge is 0.472 e. The molecular formula is C50H91O10P. The zero-order valence-corrected chi connectivity index (χ0v) is 39.8. The van der Waals surface area contributed by atoms with Crippen LogP contribution in [0.5, 0.6) is 0 Å². The third kappa shape index (κ3) is 45.8. The number of phosphoric acid groups is 1. The summed E-state index contributed by atoms with van der Waals surface area (Å²) < 4.78 is 32.8. The summed E-state index contributed by atoms with van der Waals surface area (Å²) in [6.07, 6.45) is 50.9. The van der Waals surface area contributed by atoms with E-state index in [1.165, 1.54) is 135 Å². The summed E-state index contributed by atoms with van der Waals surface area (Å²) in [6.45, 7) is 2.35. The number of ether oxygens (including phenoxy) is 2. The average Bonchev–Trinajstić information content (AvgIpc) is 3.25. The van der Waals surface area contributed by atoms with Crippen LogP contribution in [-0.4, -0.2) is 65.7 Å². The quantitative estimate of drug-likeness (QED) is 0.0233. The lowest BCUT2D eigenvalue weighted by Crippen LogP contribution is -2.29. The molecule has 0 aromatic heterocycles. The SMILES string of the molecule is CCCCCCCCC/C=C/C/C=C/C/C=C/C/C=C/CCCC(=O)OC[C@H](COP(=O)(O)OC[C@@H](O)CO)OC(=O)CCCCCCCCCCCCCCCCCCC. The van der Waals surface area contributed by atoms with Crippen molar-refractivity contribution in [3.8, 4) is 0 Å². The van der Waals surface area contributed by atoms with Crippen molar-refractivity contribution in [2.24, 2.45) is 0 Å². The Hall–Kier alpha value is -2.07. The minimum atomic E-state index is -4.63. The third-order valence-corrected chi connectivity index (χ3v) is 11.4. The molecule has 11 heteroatoms. The summed E-state index contributed by atoms with van der Waals surface area (Å²) in [7, 11) is -4.63. The molecule has 0 rings (SSSR count). The van der Waals surface area contributed by atoms with Gasteiger partial charge in [0.15, 0.2) is 6.10 Å². The van der Waals surface area contributed by atoms with Gasteiger partial charge in [0.25, 0.3) is 0 Å². The van der Waals surface area contributed by atoms with Crippen LogP contribution < -0.4 is 0 Å². The smallest absolute Gasteiger partial charge is 0.462 e. The molecule has 3 atom stereocenters. The Morgan fingerprint density at radius 3 is 1.33 bits per heavy atom. The number of aliphatic hydroxyl groups excluding tert-OH is 2. The number of aliphatic hydroxyl groups is 2. The molecule has 3 N–H and O–H groups in total. The van der Waals surface area contributed by atoms with Crippen LogP contribution in [-0.2, 0) is 32.7 Å². The van der Waals surface area contributed by atoms with E-state index in [-0.39, 0.29) is 19.4 Å².